The van der Waals surface area contributed by atoms with Gasteiger partial charge in [-0.2, -0.15) is 0 Å². The molecule has 0 spiro atoms. The monoisotopic (exact) mass is 281 g/mol. The lowest BCUT2D eigenvalue weighted by molar-refractivity contribution is -0.164. The van der Waals surface area contributed by atoms with E-state index in [1.807, 2.05) is 4.90 Å². The highest BCUT2D eigenvalue weighted by Crippen LogP contribution is 2.25. The van der Waals surface area contributed by atoms with Gasteiger partial charge in [-0.15, -0.1) is 0 Å². The van der Waals surface area contributed by atoms with Crippen molar-refractivity contribution in [2.75, 3.05) is 25.1 Å². The summed E-state index contributed by atoms with van der Waals surface area (Å²) in [6.07, 6.45) is 3.11. The maximum absolute atomic E-state index is 11.5. The zero-order valence-electron chi connectivity index (χ0n) is 11.1. The summed E-state index contributed by atoms with van der Waals surface area (Å²) in [5.74, 6) is -0.210. The van der Waals surface area contributed by atoms with Gasteiger partial charge in [-0.05, 0) is 0 Å². The van der Waals surface area contributed by atoms with Gasteiger partial charge in [-0.25, -0.2) is 14.8 Å². The summed E-state index contributed by atoms with van der Waals surface area (Å²) in [4.78, 5) is 21.4. The lowest BCUT2D eigenvalue weighted by Crippen LogP contribution is -2.50. The third kappa shape index (κ3) is 2.89. The molecule has 1 aliphatic heterocycles. The zero-order chi connectivity index (χ0) is 14.8. The topological polar surface area (TPSA) is 116 Å². The molecule has 0 atom stereocenters. The predicted octanol–water partition coefficient (Wildman–Crippen LogP) is -2.34. The van der Waals surface area contributed by atoms with E-state index in [1.165, 1.54) is 19.5 Å². The number of rotatable bonds is 3. The number of nitrogens with zero attached hydrogens (tertiary/aromatic N) is 3. The van der Waals surface area contributed by atoms with E-state index >= 15 is 0 Å². The van der Waals surface area contributed by atoms with E-state index in [9.17, 15) is 9.90 Å². The van der Waals surface area contributed by atoms with Crippen molar-refractivity contribution < 1.29 is 24.7 Å². The van der Waals surface area contributed by atoms with Crippen molar-refractivity contribution in [3.8, 4) is 0 Å². The fourth-order valence-corrected chi connectivity index (χ4v) is 2.10. The van der Waals surface area contributed by atoms with Gasteiger partial charge in [0.15, 0.2) is 5.60 Å². The Morgan fingerprint density at radius 2 is 1.90 bits per heavy atom. The third-order valence-electron chi connectivity index (χ3n) is 3.40. The molecule has 0 saturated carbocycles. The Balaban J connectivity index is 2.02. The van der Waals surface area contributed by atoms with Gasteiger partial charge in [0.1, 0.15) is 0 Å². The summed E-state index contributed by atoms with van der Waals surface area (Å²) in [6, 6.07) is 0. The van der Waals surface area contributed by atoms with Crippen molar-refractivity contribution in [1.82, 2.24) is 9.97 Å². The number of ether oxygens (including phenoxy) is 1. The molecular formula is C11H16BN3O5. The highest BCUT2D eigenvalue weighted by Gasteiger charge is 2.40. The molecule has 0 aromatic carbocycles. The molecule has 9 heteroatoms. The molecule has 1 aromatic rings. The molecule has 8 nitrogen and oxygen atoms in total. The second kappa shape index (κ2) is 5.74. The van der Waals surface area contributed by atoms with Crippen molar-refractivity contribution in [1.29, 1.82) is 0 Å². The van der Waals surface area contributed by atoms with Gasteiger partial charge in [-0.3, -0.25) is 0 Å². The average molecular weight is 281 g/mol. The lowest BCUT2D eigenvalue weighted by atomic mass is 9.83. The molecule has 0 unspecified atom stereocenters. The van der Waals surface area contributed by atoms with Crippen molar-refractivity contribution in [3.05, 3.63) is 12.4 Å². The number of anilines is 1. The quantitative estimate of drug-likeness (QED) is 0.417. The van der Waals surface area contributed by atoms with E-state index < -0.39 is 18.7 Å². The van der Waals surface area contributed by atoms with Crippen LogP contribution in [0.25, 0.3) is 0 Å². The number of aliphatic hydroxyl groups is 1. The predicted molar refractivity (Wildman–Crippen MR) is 70.3 cm³/mol. The molecule has 0 bridgehead atoms. The Morgan fingerprint density at radius 3 is 2.35 bits per heavy atom. The van der Waals surface area contributed by atoms with Crippen LogP contribution in [-0.4, -0.2) is 64.0 Å². The third-order valence-corrected chi connectivity index (χ3v) is 3.40. The molecule has 1 aromatic heterocycles. The summed E-state index contributed by atoms with van der Waals surface area (Å²) in [5, 5.41) is 28.0. The van der Waals surface area contributed by atoms with Gasteiger partial charge in [-0.1, -0.05) is 0 Å². The van der Waals surface area contributed by atoms with Crippen LogP contribution >= 0.6 is 0 Å². The largest absolute Gasteiger partial charge is 0.491 e. The van der Waals surface area contributed by atoms with E-state index in [4.69, 9.17) is 10.0 Å². The average Bonchev–Trinajstić information content (AvgIpc) is 2.47. The van der Waals surface area contributed by atoms with Gasteiger partial charge in [0.05, 0.1) is 7.11 Å². The highest BCUT2D eigenvalue weighted by atomic mass is 16.5. The number of piperidine rings is 1. The summed E-state index contributed by atoms with van der Waals surface area (Å²) >= 11 is 0. The fraction of sp³-hybridized carbons (Fsp3) is 0.545. The minimum atomic E-state index is -1.60. The van der Waals surface area contributed by atoms with Crippen LogP contribution in [0, 0.1) is 0 Å². The molecule has 2 heterocycles. The van der Waals surface area contributed by atoms with Crippen molar-refractivity contribution in [3.63, 3.8) is 0 Å². The highest BCUT2D eigenvalue weighted by molar-refractivity contribution is 6.58. The molecular weight excluding hydrogens is 265 g/mol. The van der Waals surface area contributed by atoms with Crippen molar-refractivity contribution >= 4 is 24.5 Å². The first-order valence-electron chi connectivity index (χ1n) is 6.20. The van der Waals surface area contributed by atoms with E-state index in [0.29, 0.717) is 19.0 Å². The van der Waals surface area contributed by atoms with Crippen LogP contribution in [0.3, 0.4) is 0 Å². The number of hydrogen-bond donors (Lipinski definition) is 3. The van der Waals surface area contributed by atoms with Crippen LogP contribution in [0.4, 0.5) is 5.95 Å². The van der Waals surface area contributed by atoms with Crippen LogP contribution in [0.1, 0.15) is 12.8 Å². The Morgan fingerprint density at radius 1 is 1.35 bits per heavy atom. The van der Waals surface area contributed by atoms with Crippen LogP contribution in [0.2, 0.25) is 0 Å². The van der Waals surface area contributed by atoms with Crippen LogP contribution in [-0.2, 0) is 9.53 Å². The van der Waals surface area contributed by atoms with Gasteiger partial charge >= 0.3 is 13.1 Å². The molecule has 1 saturated heterocycles. The van der Waals surface area contributed by atoms with Crippen LogP contribution in [0.5, 0.6) is 0 Å². The number of hydrogen-bond acceptors (Lipinski definition) is 8. The minimum Gasteiger partial charge on any atom is -0.467 e. The first-order chi connectivity index (χ1) is 9.46. The molecule has 1 aliphatic rings. The van der Waals surface area contributed by atoms with Gasteiger partial charge in [0.2, 0.25) is 5.95 Å². The number of carbonyl (C=O) groups excluding carboxylic acids is 1. The molecule has 20 heavy (non-hydrogen) atoms. The molecule has 108 valence electrons. The standard InChI is InChI=1S/C11H16BN3O5/c1-20-9(16)11(17)2-4-15(5-3-11)10-13-6-8(7-14-10)12(18)19/h6-7,17-19H,2-5H2,1H3. The Bertz CT molecular complexity index is 473. The summed E-state index contributed by atoms with van der Waals surface area (Å²) < 4.78 is 4.58. The molecule has 1 fully saturated rings. The lowest BCUT2D eigenvalue weighted by Gasteiger charge is -2.36. The summed E-state index contributed by atoms with van der Waals surface area (Å²) in [5.41, 5.74) is -1.25. The number of aromatic nitrogens is 2. The minimum absolute atomic E-state index is 0.205. The first kappa shape index (κ1) is 14.7. The molecule has 2 rings (SSSR count). The molecule has 0 radical (unpaired) electrons. The van der Waals surface area contributed by atoms with Gasteiger partial charge in [0.25, 0.3) is 0 Å². The van der Waals surface area contributed by atoms with Crippen molar-refractivity contribution in [2.45, 2.75) is 18.4 Å². The Kier molecular flexibility index (Phi) is 4.22. The van der Waals surface area contributed by atoms with E-state index in [0.717, 1.165) is 0 Å². The van der Waals surface area contributed by atoms with Gasteiger partial charge in [0, 0.05) is 43.8 Å². The maximum atomic E-state index is 11.5. The van der Waals surface area contributed by atoms with E-state index in [1.54, 1.807) is 0 Å². The van der Waals surface area contributed by atoms with E-state index in [-0.39, 0.29) is 18.3 Å². The second-order valence-electron chi connectivity index (χ2n) is 4.70. The number of esters is 1. The molecule has 0 amide bonds. The first-order valence-corrected chi connectivity index (χ1v) is 6.20. The smallest absolute Gasteiger partial charge is 0.467 e. The summed E-state index contributed by atoms with van der Waals surface area (Å²) in [7, 11) is -0.357. The number of methoxy groups -OCH3 is 1. The SMILES string of the molecule is COC(=O)C1(O)CCN(c2ncc(B(O)O)cn2)CC1. The number of carbonyl (C=O) groups is 1. The maximum Gasteiger partial charge on any atom is 0.491 e. The summed E-state index contributed by atoms with van der Waals surface area (Å²) in [6.45, 7) is 0.819. The van der Waals surface area contributed by atoms with Gasteiger partial charge < -0.3 is 24.8 Å². The van der Waals surface area contributed by atoms with Crippen LogP contribution < -0.4 is 10.4 Å². The van der Waals surface area contributed by atoms with E-state index in [2.05, 4.69) is 14.7 Å². The zero-order valence-corrected chi connectivity index (χ0v) is 11.1. The Hall–Kier alpha value is -1.71. The molecule has 3 N–H and O–H groups in total. The van der Waals surface area contributed by atoms with Crippen molar-refractivity contribution in [2.24, 2.45) is 0 Å². The Labute approximate surface area is 116 Å². The van der Waals surface area contributed by atoms with Crippen LogP contribution in [0.15, 0.2) is 12.4 Å². The fourth-order valence-electron chi connectivity index (χ4n) is 2.10. The molecule has 0 aliphatic carbocycles. The second-order valence-corrected chi connectivity index (χ2v) is 4.70. The normalized spacial score (nSPS) is 17.7.